The van der Waals surface area contributed by atoms with E-state index in [2.05, 4.69) is 15.5 Å². The molecule has 6 nitrogen and oxygen atoms in total. The summed E-state index contributed by atoms with van der Waals surface area (Å²) in [7, 11) is 0. The third-order valence-corrected chi connectivity index (χ3v) is 3.60. The highest BCUT2D eigenvalue weighted by molar-refractivity contribution is 6.33. The van der Waals surface area contributed by atoms with Crippen LogP contribution in [0.15, 0.2) is 18.2 Å². The summed E-state index contributed by atoms with van der Waals surface area (Å²) < 4.78 is 0. The molecule has 0 atom stereocenters. The van der Waals surface area contributed by atoms with Crippen LogP contribution in [0, 0.1) is 0 Å². The van der Waals surface area contributed by atoms with Gasteiger partial charge in [-0.05, 0) is 37.7 Å². The molecule has 0 spiro atoms. The van der Waals surface area contributed by atoms with Gasteiger partial charge in [0.2, 0.25) is 5.91 Å². The Morgan fingerprint density at radius 3 is 2.86 bits per heavy atom. The van der Waals surface area contributed by atoms with Crippen LogP contribution in [-0.4, -0.2) is 54.6 Å². The fourth-order valence-corrected chi connectivity index (χ4v) is 2.49. The first-order valence-electron chi connectivity index (χ1n) is 6.82. The van der Waals surface area contributed by atoms with E-state index in [1.807, 2.05) is 0 Å². The van der Waals surface area contributed by atoms with Crippen LogP contribution >= 0.6 is 11.6 Å². The van der Waals surface area contributed by atoms with Crippen LogP contribution in [0.3, 0.4) is 0 Å². The molecule has 0 radical (unpaired) electrons. The molecule has 1 aromatic carbocycles. The van der Waals surface area contributed by atoms with E-state index >= 15 is 0 Å². The quantitative estimate of drug-likeness (QED) is 0.780. The number of carboxylic acid groups (broad SMARTS) is 1. The molecular formula is C14H18ClN3O3. The molecule has 1 amide bonds. The maximum atomic E-state index is 12.0. The number of hydrogen-bond acceptors (Lipinski definition) is 4. The van der Waals surface area contributed by atoms with E-state index in [0.29, 0.717) is 12.2 Å². The Morgan fingerprint density at radius 1 is 1.33 bits per heavy atom. The van der Waals surface area contributed by atoms with E-state index in [-0.39, 0.29) is 16.5 Å². The van der Waals surface area contributed by atoms with E-state index in [4.69, 9.17) is 16.7 Å². The highest BCUT2D eigenvalue weighted by Crippen LogP contribution is 2.21. The zero-order valence-corrected chi connectivity index (χ0v) is 12.3. The molecule has 0 unspecified atom stereocenters. The highest BCUT2D eigenvalue weighted by atomic mass is 35.5. The maximum Gasteiger partial charge on any atom is 0.337 e. The van der Waals surface area contributed by atoms with Crippen molar-refractivity contribution in [3.8, 4) is 0 Å². The van der Waals surface area contributed by atoms with Crippen LogP contribution in [0.2, 0.25) is 5.02 Å². The Labute approximate surface area is 128 Å². The van der Waals surface area contributed by atoms with Gasteiger partial charge >= 0.3 is 5.97 Å². The Morgan fingerprint density at radius 2 is 2.14 bits per heavy atom. The fraction of sp³-hybridized carbons (Fsp3) is 0.429. The summed E-state index contributed by atoms with van der Waals surface area (Å²) in [6.45, 7) is 3.90. The third kappa shape index (κ3) is 4.70. The van der Waals surface area contributed by atoms with Gasteiger partial charge in [-0.25, -0.2) is 4.79 Å². The first-order chi connectivity index (χ1) is 10.1. The Bertz CT molecular complexity index is 528. The largest absolute Gasteiger partial charge is 0.478 e. The van der Waals surface area contributed by atoms with Gasteiger partial charge in [-0.15, -0.1) is 0 Å². The molecule has 1 fully saturated rings. The van der Waals surface area contributed by atoms with Crippen molar-refractivity contribution >= 4 is 29.2 Å². The normalized spacial score (nSPS) is 16.2. The summed E-state index contributed by atoms with van der Waals surface area (Å²) in [6.07, 6.45) is 1.02. The first-order valence-corrected chi connectivity index (χ1v) is 7.20. The van der Waals surface area contributed by atoms with Gasteiger partial charge in [-0.3, -0.25) is 9.69 Å². The van der Waals surface area contributed by atoms with Crippen molar-refractivity contribution in [2.45, 2.75) is 6.42 Å². The minimum absolute atomic E-state index is 0.0215. The van der Waals surface area contributed by atoms with Crippen molar-refractivity contribution in [2.24, 2.45) is 0 Å². The zero-order valence-electron chi connectivity index (χ0n) is 11.6. The minimum atomic E-state index is -1.09. The van der Waals surface area contributed by atoms with Gasteiger partial charge in [0.25, 0.3) is 0 Å². The number of nitrogens with one attached hydrogen (secondary N) is 2. The molecule has 1 aliphatic heterocycles. The Balaban J connectivity index is 1.93. The van der Waals surface area contributed by atoms with Gasteiger partial charge < -0.3 is 15.7 Å². The van der Waals surface area contributed by atoms with Crippen molar-refractivity contribution < 1.29 is 14.7 Å². The molecule has 1 aliphatic rings. The average molecular weight is 312 g/mol. The lowest BCUT2D eigenvalue weighted by molar-refractivity contribution is -0.117. The second-order valence-corrected chi connectivity index (χ2v) is 5.33. The van der Waals surface area contributed by atoms with Crippen LogP contribution in [0.5, 0.6) is 0 Å². The monoisotopic (exact) mass is 311 g/mol. The number of benzene rings is 1. The van der Waals surface area contributed by atoms with Gasteiger partial charge in [0.15, 0.2) is 0 Å². The van der Waals surface area contributed by atoms with E-state index in [0.717, 1.165) is 32.6 Å². The van der Waals surface area contributed by atoms with Crippen molar-refractivity contribution in [3.05, 3.63) is 28.8 Å². The predicted molar refractivity (Wildman–Crippen MR) is 81.0 cm³/mol. The molecule has 0 aromatic heterocycles. The van der Waals surface area contributed by atoms with Crippen LogP contribution in [0.4, 0.5) is 5.69 Å². The Kier molecular flexibility index (Phi) is 5.55. The summed E-state index contributed by atoms with van der Waals surface area (Å²) >= 11 is 5.87. The lowest BCUT2D eigenvalue weighted by Crippen LogP contribution is -2.35. The summed E-state index contributed by atoms with van der Waals surface area (Å²) in [6, 6.07) is 4.38. The molecular weight excluding hydrogens is 294 g/mol. The standard InChI is InChI=1S/C14H18ClN3O3/c15-12-8-10(2-3-11(12)14(20)21)17-13(19)9-18-6-1-4-16-5-7-18/h2-3,8,16H,1,4-7,9H2,(H,17,19)(H,20,21). The number of nitrogens with zero attached hydrogens (tertiary/aromatic N) is 1. The summed E-state index contributed by atoms with van der Waals surface area (Å²) in [4.78, 5) is 24.9. The van der Waals surface area contributed by atoms with Gasteiger partial charge in [0.05, 0.1) is 17.1 Å². The predicted octanol–water partition coefficient (Wildman–Crippen LogP) is 1.27. The van der Waals surface area contributed by atoms with Gasteiger partial charge in [-0.1, -0.05) is 11.6 Å². The zero-order chi connectivity index (χ0) is 15.2. The summed E-state index contributed by atoms with van der Waals surface area (Å²) in [5.74, 6) is -1.22. The SMILES string of the molecule is O=C(CN1CCCNCC1)Nc1ccc(C(=O)O)c(Cl)c1. The lowest BCUT2D eigenvalue weighted by atomic mass is 10.2. The average Bonchev–Trinajstić information content (AvgIpc) is 2.66. The number of carbonyl (C=O) groups is 2. The summed E-state index contributed by atoms with van der Waals surface area (Å²) in [5, 5.41) is 15.0. The number of rotatable bonds is 4. The van der Waals surface area contributed by atoms with Gasteiger partial charge in [-0.2, -0.15) is 0 Å². The third-order valence-electron chi connectivity index (χ3n) is 3.28. The highest BCUT2D eigenvalue weighted by Gasteiger charge is 2.14. The topological polar surface area (TPSA) is 81.7 Å². The van der Waals surface area contributed by atoms with Gasteiger partial charge in [0, 0.05) is 18.8 Å². The number of carboxylic acids is 1. The number of aromatic carboxylic acids is 1. The molecule has 1 saturated heterocycles. The van der Waals surface area contributed by atoms with Crippen molar-refractivity contribution in [1.82, 2.24) is 10.2 Å². The summed E-state index contributed by atoms with van der Waals surface area (Å²) in [5.41, 5.74) is 0.524. The molecule has 0 aliphatic carbocycles. The first kappa shape index (κ1) is 15.8. The molecule has 114 valence electrons. The molecule has 7 heteroatoms. The van der Waals surface area contributed by atoms with Crippen LogP contribution in [-0.2, 0) is 4.79 Å². The maximum absolute atomic E-state index is 12.0. The van der Waals surface area contributed by atoms with E-state index < -0.39 is 5.97 Å². The number of anilines is 1. The van der Waals surface area contributed by atoms with Crippen molar-refractivity contribution in [1.29, 1.82) is 0 Å². The van der Waals surface area contributed by atoms with Crippen molar-refractivity contribution in [3.63, 3.8) is 0 Å². The molecule has 2 rings (SSSR count). The minimum Gasteiger partial charge on any atom is -0.478 e. The number of amides is 1. The van der Waals surface area contributed by atoms with E-state index in [1.165, 1.54) is 18.2 Å². The Hall–Kier alpha value is -1.63. The number of hydrogen-bond donors (Lipinski definition) is 3. The number of carbonyl (C=O) groups excluding carboxylic acids is 1. The molecule has 0 saturated carbocycles. The van der Waals surface area contributed by atoms with E-state index in [9.17, 15) is 9.59 Å². The second kappa shape index (κ2) is 7.40. The van der Waals surface area contributed by atoms with Gasteiger partial charge in [0.1, 0.15) is 0 Å². The lowest BCUT2D eigenvalue weighted by Gasteiger charge is -2.18. The molecule has 0 bridgehead atoms. The van der Waals surface area contributed by atoms with Crippen LogP contribution in [0.1, 0.15) is 16.8 Å². The number of halogens is 1. The van der Waals surface area contributed by atoms with Crippen molar-refractivity contribution in [2.75, 3.05) is 38.0 Å². The molecule has 21 heavy (non-hydrogen) atoms. The van der Waals surface area contributed by atoms with Crippen LogP contribution in [0.25, 0.3) is 0 Å². The fourth-order valence-electron chi connectivity index (χ4n) is 2.23. The smallest absolute Gasteiger partial charge is 0.337 e. The molecule has 3 N–H and O–H groups in total. The molecule has 1 heterocycles. The van der Waals surface area contributed by atoms with Crippen LogP contribution < -0.4 is 10.6 Å². The molecule has 1 aromatic rings. The van der Waals surface area contributed by atoms with E-state index in [1.54, 1.807) is 0 Å². The second-order valence-electron chi connectivity index (χ2n) is 4.93.